The molecule has 0 aliphatic carbocycles. The molecule has 1 unspecified atom stereocenters. The van der Waals surface area contributed by atoms with Crippen LogP contribution in [0.15, 0.2) is 24.3 Å². The van der Waals surface area contributed by atoms with Crippen LogP contribution >= 0.6 is 0 Å². The molecule has 0 aromatic carbocycles. The molecule has 0 amide bonds. The molecule has 0 N–H and O–H groups in total. The smallest absolute Gasteiger partial charge is 0.142 e. The predicted molar refractivity (Wildman–Crippen MR) is 63.9 cm³/mol. The highest BCUT2D eigenvalue weighted by Gasteiger charge is 2.00. The Morgan fingerprint density at radius 3 is 2.53 bits per heavy atom. The minimum Gasteiger partial charge on any atom is -0.377 e. The number of ether oxygens (including phenoxy) is 1. The van der Waals surface area contributed by atoms with Crippen molar-refractivity contribution < 1.29 is 9.53 Å². The van der Waals surface area contributed by atoms with E-state index in [1.165, 1.54) is 31.8 Å². The number of hydrogen-bond donors (Lipinski definition) is 0. The quantitative estimate of drug-likeness (QED) is 0.253. The molecule has 0 aromatic rings. The van der Waals surface area contributed by atoms with E-state index in [0.29, 0.717) is 0 Å². The van der Waals surface area contributed by atoms with Crippen LogP contribution in [0, 0.1) is 0 Å². The van der Waals surface area contributed by atoms with Gasteiger partial charge in [-0.3, -0.25) is 4.79 Å². The molecule has 0 spiro atoms. The third-order valence-electron chi connectivity index (χ3n) is 2.27. The van der Waals surface area contributed by atoms with Crippen LogP contribution in [0.5, 0.6) is 0 Å². The number of rotatable bonds is 9. The molecule has 0 heterocycles. The summed E-state index contributed by atoms with van der Waals surface area (Å²) in [6.45, 7) is 2.21. The zero-order chi connectivity index (χ0) is 11.4. The molecule has 2 nitrogen and oxygen atoms in total. The first-order chi connectivity index (χ1) is 7.35. The number of hydrogen-bond acceptors (Lipinski definition) is 2. The molecule has 15 heavy (non-hydrogen) atoms. The zero-order valence-electron chi connectivity index (χ0n) is 9.82. The highest BCUT2D eigenvalue weighted by Crippen LogP contribution is 2.08. The van der Waals surface area contributed by atoms with Gasteiger partial charge in [0.05, 0.1) is 6.10 Å². The highest BCUT2D eigenvalue weighted by atomic mass is 16.5. The van der Waals surface area contributed by atoms with Crippen LogP contribution in [-0.4, -0.2) is 19.5 Å². The van der Waals surface area contributed by atoms with Crippen molar-refractivity contribution in [3.05, 3.63) is 24.3 Å². The van der Waals surface area contributed by atoms with E-state index >= 15 is 0 Å². The fourth-order valence-corrected chi connectivity index (χ4v) is 1.36. The van der Waals surface area contributed by atoms with Crippen molar-refractivity contribution >= 4 is 6.29 Å². The summed E-state index contributed by atoms with van der Waals surface area (Å²) in [6, 6.07) is 0. The molecule has 0 saturated carbocycles. The Hall–Kier alpha value is -0.890. The van der Waals surface area contributed by atoms with Crippen molar-refractivity contribution in [2.75, 3.05) is 7.11 Å². The van der Waals surface area contributed by atoms with Crippen LogP contribution in [0.1, 0.15) is 39.0 Å². The van der Waals surface area contributed by atoms with Gasteiger partial charge in [0.2, 0.25) is 0 Å². The van der Waals surface area contributed by atoms with Crippen molar-refractivity contribution in [1.29, 1.82) is 0 Å². The first-order valence-corrected chi connectivity index (χ1v) is 5.66. The predicted octanol–water partition coefficient (Wildman–Crippen LogP) is 3.28. The van der Waals surface area contributed by atoms with Gasteiger partial charge in [0.1, 0.15) is 6.29 Å². The SMILES string of the molecule is CCCCCCC(/C=C/C=C/C=O)OC. The Morgan fingerprint density at radius 1 is 1.13 bits per heavy atom. The summed E-state index contributed by atoms with van der Waals surface area (Å²) in [5, 5.41) is 0. The second-order valence-corrected chi connectivity index (χ2v) is 3.53. The van der Waals surface area contributed by atoms with Crippen molar-refractivity contribution in [2.24, 2.45) is 0 Å². The van der Waals surface area contributed by atoms with Crippen LogP contribution in [0.2, 0.25) is 0 Å². The normalized spacial score (nSPS) is 13.7. The van der Waals surface area contributed by atoms with Crippen LogP contribution < -0.4 is 0 Å². The first kappa shape index (κ1) is 14.1. The zero-order valence-corrected chi connectivity index (χ0v) is 9.82. The lowest BCUT2D eigenvalue weighted by molar-refractivity contribution is -0.104. The molecule has 0 aliphatic heterocycles. The lowest BCUT2D eigenvalue weighted by atomic mass is 10.1. The second kappa shape index (κ2) is 11.2. The average molecular weight is 210 g/mol. The van der Waals surface area contributed by atoms with Gasteiger partial charge in [-0.15, -0.1) is 0 Å². The first-order valence-electron chi connectivity index (χ1n) is 5.66. The Balaban J connectivity index is 3.67. The molecular weight excluding hydrogens is 188 g/mol. The molecule has 0 aliphatic rings. The lowest BCUT2D eigenvalue weighted by Gasteiger charge is -2.09. The van der Waals surface area contributed by atoms with Gasteiger partial charge in [0.25, 0.3) is 0 Å². The van der Waals surface area contributed by atoms with Crippen molar-refractivity contribution in [3.8, 4) is 0 Å². The minimum atomic E-state index is 0.179. The van der Waals surface area contributed by atoms with Crippen molar-refractivity contribution in [2.45, 2.75) is 45.1 Å². The fraction of sp³-hybridized carbons (Fsp3) is 0.615. The molecule has 0 aromatic heterocycles. The molecule has 2 heteroatoms. The van der Waals surface area contributed by atoms with E-state index in [0.717, 1.165) is 12.7 Å². The molecule has 0 rings (SSSR count). The Labute approximate surface area is 93.0 Å². The van der Waals surface area contributed by atoms with Crippen molar-refractivity contribution in [1.82, 2.24) is 0 Å². The lowest BCUT2D eigenvalue weighted by Crippen LogP contribution is -2.06. The number of unbranched alkanes of at least 4 members (excludes halogenated alkanes) is 3. The summed E-state index contributed by atoms with van der Waals surface area (Å²) in [5.74, 6) is 0. The summed E-state index contributed by atoms with van der Waals surface area (Å²) in [7, 11) is 1.72. The molecule has 86 valence electrons. The van der Waals surface area contributed by atoms with Crippen LogP contribution in [0.4, 0.5) is 0 Å². The fourth-order valence-electron chi connectivity index (χ4n) is 1.36. The average Bonchev–Trinajstić information content (AvgIpc) is 2.27. The topological polar surface area (TPSA) is 26.3 Å². The van der Waals surface area contributed by atoms with E-state index in [-0.39, 0.29) is 6.10 Å². The van der Waals surface area contributed by atoms with Gasteiger partial charge >= 0.3 is 0 Å². The maximum atomic E-state index is 10.0. The third-order valence-corrected chi connectivity index (χ3v) is 2.27. The molecule has 0 saturated heterocycles. The standard InChI is InChI=1S/C13H22O2/c1-3-4-5-7-10-13(15-2)11-8-6-9-12-14/h6,8-9,11-13H,3-5,7,10H2,1-2H3/b9-6+,11-8+. The maximum absolute atomic E-state index is 10.0. The van der Waals surface area contributed by atoms with Crippen LogP contribution in [-0.2, 0) is 9.53 Å². The highest BCUT2D eigenvalue weighted by molar-refractivity contribution is 5.65. The minimum absolute atomic E-state index is 0.179. The Kier molecular flexibility index (Phi) is 10.5. The number of carbonyl (C=O) groups excluding carboxylic acids is 1. The number of carbonyl (C=O) groups is 1. The van der Waals surface area contributed by atoms with E-state index in [1.807, 2.05) is 12.2 Å². The monoisotopic (exact) mass is 210 g/mol. The molecule has 0 radical (unpaired) electrons. The van der Waals surface area contributed by atoms with E-state index in [4.69, 9.17) is 4.74 Å². The molecule has 0 fully saturated rings. The van der Waals surface area contributed by atoms with Gasteiger partial charge in [0, 0.05) is 7.11 Å². The summed E-state index contributed by atoms with van der Waals surface area (Å²) in [6.07, 6.45) is 14.1. The summed E-state index contributed by atoms with van der Waals surface area (Å²) in [4.78, 5) is 10.0. The van der Waals surface area contributed by atoms with Crippen LogP contribution in [0.3, 0.4) is 0 Å². The molecule has 1 atom stereocenters. The molecule has 0 bridgehead atoms. The van der Waals surface area contributed by atoms with Gasteiger partial charge in [-0.1, -0.05) is 50.8 Å². The van der Waals surface area contributed by atoms with Gasteiger partial charge in [-0.05, 0) is 12.5 Å². The summed E-state index contributed by atoms with van der Waals surface area (Å²) < 4.78 is 5.30. The van der Waals surface area contributed by atoms with Gasteiger partial charge in [-0.2, -0.15) is 0 Å². The van der Waals surface area contributed by atoms with E-state index < -0.39 is 0 Å². The Bertz CT molecular complexity index is 195. The van der Waals surface area contributed by atoms with Crippen molar-refractivity contribution in [3.63, 3.8) is 0 Å². The molecular formula is C13H22O2. The number of methoxy groups -OCH3 is 1. The number of allylic oxidation sites excluding steroid dienone is 3. The largest absolute Gasteiger partial charge is 0.377 e. The number of aldehydes is 1. The van der Waals surface area contributed by atoms with Gasteiger partial charge in [-0.25, -0.2) is 0 Å². The Morgan fingerprint density at radius 2 is 1.93 bits per heavy atom. The maximum Gasteiger partial charge on any atom is 0.142 e. The van der Waals surface area contributed by atoms with Gasteiger partial charge in [0.15, 0.2) is 0 Å². The summed E-state index contributed by atoms with van der Waals surface area (Å²) in [5.41, 5.74) is 0. The van der Waals surface area contributed by atoms with E-state index in [9.17, 15) is 4.79 Å². The second-order valence-electron chi connectivity index (χ2n) is 3.53. The summed E-state index contributed by atoms with van der Waals surface area (Å²) >= 11 is 0. The third kappa shape index (κ3) is 9.42. The van der Waals surface area contributed by atoms with Crippen LogP contribution in [0.25, 0.3) is 0 Å². The van der Waals surface area contributed by atoms with E-state index in [1.54, 1.807) is 13.2 Å². The van der Waals surface area contributed by atoms with Gasteiger partial charge < -0.3 is 4.74 Å². The van der Waals surface area contributed by atoms with E-state index in [2.05, 4.69) is 6.92 Å².